The third-order valence-electron chi connectivity index (χ3n) is 2.97. The van der Waals surface area contributed by atoms with Gasteiger partial charge in [-0.05, 0) is 25.3 Å². The highest BCUT2D eigenvalue weighted by atomic mass is 35.5. The molecule has 0 aliphatic rings. The maximum absolute atomic E-state index is 6.28. The molecule has 0 N–H and O–H groups in total. The summed E-state index contributed by atoms with van der Waals surface area (Å²) in [5, 5.41) is 1.48. The molecule has 104 valence electrons. The van der Waals surface area contributed by atoms with Crippen molar-refractivity contribution in [3.63, 3.8) is 0 Å². The van der Waals surface area contributed by atoms with Gasteiger partial charge in [0.05, 0.1) is 0 Å². The number of halogens is 1. The van der Waals surface area contributed by atoms with Crippen molar-refractivity contribution in [1.82, 2.24) is 9.97 Å². The Labute approximate surface area is 123 Å². The smallest absolute Gasteiger partial charge is 0.160 e. The van der Waals surface area contributed by atoms with Crippen LogP contribution in [0, 0.1) is 5.92 Å². The van der Waals surface area contributed by atoms with E-state index in [0.717, 1.165) is 16.6 Å². The lowest BCUT2D eigenvalue weighted by Crippen LogP contribution is -2.14. The number of ether oxygens (including phenoxy) is 1. The van der Waals surface area contributed by atoms with Crippen molar-refractivity contribution in [2.75, 3.05) is 6.61 Å². The van der Waals surface area contributed by atoms with E-state index in [4.69, 9.17) is 16.3 Å². The third kappa shape index (κ3) is 3.07. The van der Waals surface area contributed by atoms with Crippen LogP contribution >= 0.6 is 22.9 Å². The number of hydrogen-bond acceptors (Lipinski definition) is 4. The molecule has 5 heteroatoms. The van der Waals surface area contributed by atoms with E-state index in [1.807, 2.05) is 6.92 Å². The Morgan fingerprint density at radius 3 is 2.63 bits per heavy atom. The van der Waals surface area contributed by atoms with Crippen molar-refractivity contribution in [2.45, 2.75) is 40.2 Å². The van der Waals surface area contributed by atoms with E-state index in [9.17, 15) is 0 Å². The molecule has 0 fully saturated rings. The fraction of sp³-hybridized carbons (Fsp3) is 0.571. The molecule has 1 unspecified atom stereocenters. The summed E-state index contributed by atoms with van der Waals surface area (Å²) in [5.74, 6) is 1.01. The summed E-state index contributed by atoms with van der Waals surface area (Å²) >= 11 is 7.96. The Morgan fingerprint density at radius 1 is 1.32 bits per heavy atom. The van der Waals surface area contributed by atoms with E-state index < -0.39 is 0 Å². The van der Waals surface area contributed by atoms with Gasteiger partial charge in [-0.1, -0.05) is 32.4 Å². The van der Waals surface area contributed by atoms with Crippen LogP contribution in [0.4, 0.5) is 0 Å². The number of nitrogens with zero attached hydrogens (tertiary/aromatic N) is 2. The quantitative estimate of drug-likeness (QED) is 0.754. The van der Waals surface area contributed by atoms with E-state index in [0.29, 0.717) is 23.5 Å². The first-order chi connectivity index (χ1) is 9.06. The summed E-state index contributed by atoms with van der Waals surface area (Å²) in [6, 6.07) is 2.08. The van der Waals surface area contributed by atoms with E-state index in [1.54, 1.807) is 11.3 Å². The zero-order chi connectivity index (χ0) is 14.0. The monoisotopic (exact) mass is 298 g/mol. The zero-order valence-electron chi connectivity index (χ0n) is 11.7. The summed E-state index contributed by atoms with van der Waals surface area (Å²) in [5.41, 5.74) is 0. The molecule has 2 aromatic heterocycles. The number of hydrogen-bond donors (Lipinski definition) is 0. The van der Waals surface area contributed by atoms with Gasteiger partial charge in [-0.3, -0.25) is 0 Å². The second kappa shape index (κ2) is 6.16. The van der Waals surface area contributed by atoms with Gasteiger partial charge in [0.15, 0.2) is 5.82 Å². The lowest BCUT2D eigenvalue weighted by molar-refractivity contribution is 0.0235. The van der Waals surface area contributed by atoms with Crippen molar-refractivity contribution >= 4 is 33.2 Å². The molecule has 0 aliphatic heterocycles. The maximum atomic E-state index is 6.28. The SMILES string of the molecule is CCOC(c1nc(Cl)c2cc(CC)sc2n1)C(C)C. The topological polar surface area (TPSA) is 35.0 Å². The van der Waals surface area contributed by atoms with Crippen LogP contribution in [0.3, 0.4) is 0 Å². The average molecular weight is 299 g/mol. The molecular weight excluding hydrogens is 280 g/mol. The van der Waals surface area contributed by atoms with Crippen molar-refractivity contribution < 1.29 is 4.74 Å². The molecule has 3 nitrogen and oxygen atoms in total. The maximum Gasteiger partial charge on any atom is 0.160 e. The van der Waals surface area contributed by atoms with Crippen LogP contribution in [0.2, 0.25) is 5.15 Å². The Balaban J connectivity index is 2.49. The van der Waals surface area contributed by atoms with Crippen LogP contribution in [0.15, 0.2) is 6.07 Å². The minimum atomic E-state index is -0.0981. The molecule has 2 rings (SSSR count). The third-order valence-corrected chi connectivity index (χ3v) is 4.43. The molecule has 0 aliphatic carbocycles. The van der Waals surface area contributed by atoms with Gasteiger partial charge in [0.25, 0.3) is 0 Å². The largest absolute Gasteiger partial charge is 0.370 e. The second-order valence-electron chi connectivity index (χ2n) is 4.78. The van der Waals surface area contributed by atoms with Crippen molar-refractivity contribution in [1.29, 1.82) is 0 Å². The van der Waals surface area contributed by atoms with E-state index in [2.05, 4.69) is 36.8 Å². The van der Waals surface area contributed by atoms with Crippen LogP contribution < -0.4 is 0 Å². The summed E-state index contributed by atoms with van der Waals surface area (Å²) in [6.45, 7) is 8.97. The molecule has 1 atom stereocenters. The van der Waals surface area contributed by atoms with Crippen LogP contribution in [-0.4, -0.2) is 16.6 Å². The first-order valence-corrected chi connectivity index (χ1v) is 7.83. The molecule has 0 saturated carbocycles. The first-order valence-electron chi connectivity index (χ1n) is 6.64. The highest BCUT2D eigenvalue weighted by Gasteiger charge is 2.21. The number of fused-ring (bicyclic) bond motifs is 1. The van der Waals surface area contributed by atoms with Crippen molar-refractivity contribution in [3.05, 3.63) is 21.9 Å². The summed E-state index contributed by atoms with van der Waals surface area (Å²) in [6.07, 6.45) is 0.894. The van der Waals surface area contributed by atoms with Crippen molar-refractivity contribution in [3.8, 4) is 0 Å². The van der Waals surface area contributed by atoms with E-state index >= 15 is 0 Å². The Morgan fingerprint density at radius 2 is 2.05 bits per heavy atom. The molecule has 0 radical (unpaired) electrons. The van der Waals surface area contributed by atoms with Gasteiger partial charge in [-0.25, -0.2) is 9.97 Å². The lowest BCUT2D eigenvalue weighted by Gasteiger charge is -2.19. The van der Waals surface area contributed by atoms with Gasteiger partial charge in [-0.2, -0.15) is 0 Å². The molecule has 2 heterocycles. The van der Waals surface area contributed by atoms with Gasteiger partial charge in [0, 0.05) is 16.9 Å². The van der Waals surface area contributed by atoms with Crippen LogP contribution in [0.25, 0.3) is 10.2 Å². The predicted molar refractivity (Wildman–Crippen MR) is 81.0 cm³/mol. The molecule has 0 spiro atoms. The van der Waals surface area contributed by atoms with Gasteiger partial charge in [-0.15, -0.1) is 11.3 Å². The number of aryl methyl sites for hydroxylation is 1. The molecule has 0 bridgehead atoms. The highest BCUT2D eigenvalue weighted by Crippen LogP contribution is 2.32. The molecule has 0 amide bonds. The standard InChI is InChI=1S/C14H19ClN2OS/c1-5-9-7-10-12(15)16-13(17-14(10)19-9)11(8(3)4)18-6-2/h7-8,11H,5-6H2,1-4H3. The molecule has 0 aromatic carbocycles. The minimum absolute atomic E-state index is 0.0981. The Bertz CT molecular complexity index is 568. The summed E-state index contributed by atoms with van der Waals surface area (Å²) in [4.78, 5) is 11.3. The second-order valence-corrected chi connectivity index (χ2v) is 6.25. The van der Waals surface area contributed by atoms with Gasteiger partial charge >= 0.3 is 0 Å². The molecule has 19 heavy (non-hydrogen) atoms. The normalized spacial score (nSPS) is 13.4. The van der Waals surface area contributed by atoms with Gasteiger partial charge in [0.2, 0.25) is 0 Å². The molecule has 2 aromatic rings. The minimum Gasteiger partial charge on any atom is -0.370 e. The highest BCUT2D eigenvalue weighted by molar-refractivity contribution is 7.18. The van der Waals surface area contributed by atoms with Gasteiger partial charge in [0.1, 0.15) is 16.1 Å². The summed E-state index contributed by atoms with van der Waals surface area (Å²) < 4.78 is 5.75. The molecule has 0 saturated heterocycles. The fourth-order valence-electron chi connectivity index (χ4n) is 2.00. The number of thiophene rings is 1. The zero-order valence-corrected chi connectivity index (χ0v) is 13.3. The van der Waals surface area contributed by atoms with E-state index in [-0.39, 0.29) is 6.10 Å². The molecular formula is C14H19ClN2OS. The predicted octanol–water partition coefficient (Wildman–Crippen LogP) is 4.64. The summed E-state index contributed by atoms with van der Waals surface area (Å²) in [7, 11) is 0. The lowest BCUT2D eigenvalue weighted by atomic mass is 10.1. The van der Waals surface area contributed by atoms with Crippen molar-refractivity contribution in [2.24, 2.45) is 5.92 Å². The van der Waals surface area contributed by atoms with E-state index in [1.165, 1.54) is 4.88 Å². The van der Waals surface area contributed by atoms with Crippen LogP contribution in [-0.2, 0) is 11.2 Å². The first kappa shape index (κ1) is 14.7. The van der Waals surface area contributed by atoms with Crippen LogP contribution in [0.1, 0.15) is 44.5 Å². The number of aromatic nitrogens is 2. The van der Waals surface area contributed by atoms with Crippen LogP contribution in [0.5, 0.6) is 0 Å². The van der Waals surface area contributed by atoms with Gasteiger partial charge < -0.3 is 4.74 Å². The Kier molecular flexibility index (Phi) is 4.76. The average Bonchev–Trinajstić information content (AvgIpc) is 2.79. The fourth-order valence-corrected chi connectivity index (χ4v) is 3.26. The number of rotatable bonds is 5. The Hall–Kier alpha value is -0.710.